The summed E-state index contributed by atoms with van der Waals surface area (Å²) in [7, 11) is 0. The maximum absolute atomic E-state index is 13.1. The minimum absolute atomic E-state index is 0.127. The van der Waals surface area contributed by atoms with Gasteiger partial charge in [0.2, 0.25) is 0 Å². The van der Waals surface area contributed by atoms with Crippen LogP contribution in [0, 0.1) is 5.82 Å². The van der Waals surface area contributed by atoms with E-state index in [2.05, 4.69) is 15.9 Å². The van der Waals surface area contributed by atoms with Gasteiger partial charge in [-0.3, -0.25) is 0 Å². The van der Waals surface area contributed by atoms with Gasteiger partial charge in [-0.25, -0.2) is 4.39 Å². The lowest BCUT2D eigenvalue weighted by Gasteiger charge is -2.31. The molecule has 0 aliphatic carbocycles. The van der Waals surface area contributed by atoms with Crippen molar-refractivity contribution in [1.29, 1.82) is 0 Å². The summed E-state index contributed by atoms with van der Waals surface area (Å²) in [5.74, 6) is 0.380. The Labute approximate surface area is 129 Å². The van der Waals surface area contributed by atoms with E-state index in [0.717, 1.165) is 21.3 Å². The first-order chi connectivity index (χ1) is 9.54. The van der Waals surface area contributed by atoms with Crippen molar-refractivity contribution < 1.29 is 9.13 Å². The molecule has 1 aliphatic heterocycles. The first-order valence-electron chi connectivity index (χ1n) is 6.21. The number of halogens is 3. The normalized spacial score (nSPS) is 21.2. The van der Waals surface area contributed by atoms with Gasteiger partial charge in [-0.1, -0.05) is 39.7 Å². The molecule has 2 nitrogen and oxygen atoms in total. The maximum Gasteiger partial charge on any atom is 0.127 e. The second-order valence-electron chi connectivity index (χ2n) is 4.80. The number of rotatable bonds is 1. The first kappa shape index (κ1) is 13.9. The molecule has 0 saturated heterocycles. The van der Waals surface area contributed by atoms with Crippen LogP contribution < -0.4 is 10.5 Å². The molecule has 0 aromatic heterocycles. The summed E-state index contributed by atoms with van der Waals surface area (Å²) in [5.41, 5.74) is 7.92. The number of nitrogens with two attached hydrogens (primary N) is 1. The fraction of sp³-hybridized carbons (Fsp3) is 0.200. The zero-order valence-corrected chi connectivity index (χ0v) is 12.8. The Hall–Kier alpha value is -1.10. The van der Waals surface area contributed by atoms with Crippen LogP contribution in [0.25, 0.3) is 0 Å². The van der Waals surface area contributed by atoms with Gasteiger partial charge >= 0.3 is 0 Å². The molecule has 0 bridgehead atoms. The lowest BCUT2D eigenvalue weighted by Crippen LogP contribution is -2.24. The third-order valence-corrected chi connectivity index (χ3v) is 4.24. The van der Waals surface area contributed by atoms with Gasteiger partial charge in [-0.05, 0) is 24.3 Å². The largest absolute Gasteiger partial charge is 0.485 e. The van der Waals surface area contributed by atoms with Gasteiger partial charge in [0, 0.05) is 28.1 Å². The first-order valence-corrected chi connectivity index (χ1v) is 7.38. The van der Waals surface area contributed by atoms with Crippen LogP contribution in [-0.4, -0.2) is 0 Å². The highest BCUT2D eigenvalue weighted by Crippen LogP contribution is 2.42. The Balaban J connectivity index is 1.98. The minimum atomic E-state index is -0.359. The quantitative estimate of drug-likeness (QED) is 0.799. The molecule has 20 heavy (non-hydrogen) atoms. The molecule has 0 saturated carbocycles. The van der Waals surface area contributed by atoms with Gasteiger partial charge in [0.15, 0.2) is 0 Å². The van der Waals surface area contributed by atoms with Gasteiger partial charge < -0.3 is 10.5 Å². The lowest BCUT2D eigenvalue weighted by atomic mass is 9.93. The number of hydrogen-bond donors (Lipinski definition) is 1. The average Bonchev–Trinajstić information content (AvgIpc) is 2.37. The highest BCUT2D eigenvalue weighted by molar-refractivity contribution is 9.10. The Bertz CT molecular complexity index is 664. The fourth-order valence-electron chi connectivity index (χ4n) is 2.43. The monoisotopic (exact) mass is 355 g/mol. The molecule has 0 amide bonds. The Morgan fingerprint density at radius 2 is 1.95 bits per heavy atom. The Morgan fingerprint density at radius 1 is 1.20 bits per heavy atom. The van der Waals surface area contributed by atoms with Gasteiger partial charge in [0.25, 0.3) is 0 Å². The summed E-state index contributed by atoms with van der Waals surface area (Å²) in [4.78, 5) is 0. The second kappa shape index (κ2) is 5.35. The molecule has 2 atom stereocenters. The molecule has 0 spiro atoms. The number of benzene rings is 2. The van der Waals surface area contributed by atoms with E-state index in [1.54, 1.807) is 6.07 Å². The molecule has 2 aromatic rings. The van der Waals surface area contributed by atoms with E-state index in [9.17, 15) is 4.39 Å². The number of fused-ring (bicyclic) bond motifs is 1. The van der Waals surface area contributed by atoms with Crippen molar-refractivity contribution in [3.8, 4) is 5.75 Å². The van der Waals surface area contributed by atoms with Crippen molar-refractivity contribution in [3.63, 3.8) is 0 Å². The van der Waals surface area contributed by atoms with Crippen LogP contribution in [0.5, 0.6) is 5.75 Å². The predicted molar refractivity (Wildman–Crippen MR) is 80.5 cm³/mol. The molecule has 5 heteroatoms. The van der Waals surface area contributed by atoms with Crippen molar-refractivity contribution in [2.24, 2.45) is 5.73 Å². The molecular formula is C15H12BrClFNO. The molecule has 104 valence electrons. The molecule has 2 aromatic carbocycles. The zero-order chi connectivity index (χ0) is 14.3. The van der Waals surface area contributed by atoms with E-state index in [4.69, 9.17) is 22.1 Å². The van der Waals surface area contributed by atoms with E-state index in [-0.39, 0.29) is 18.0 Å². The summed E-state index contributed by atoms with van der Waals surface area (Å²) >= 11 is 9.51. The average molecular weight is 357 g/mol. The zero-order valence-electron chi connectivity index (χ0n) is 10.4. The molecule has 0 radical (unpaired) electrons. The number of hydrogen-bond acceptors (Lipinski definition) is 2. The van der Waals surface area contributed by atoms with Crippen LogP contribution >= 0.6 is 27.5 Å². The molecule has 0 fully saturated rings. The SMILES string of the molecule is N[C@H]1CC(c2ccc(F)cc2Cl)Oc2cc(Br)ccc21. The van der Waals surface area contributed by atoms with E-state index in [1.807, 2.05) is 18.2 Å². The Morgan fingerprint density at radius 3 is 2.70 bits per heavy atom. The maximum atomic E-state index is 13.1. The summed E-state index contributed by atoms with van der Waals surface area (Å²) in [6, 6.07) is 9.98. The van der Waals surface area contributed by atoms with Gasteiger partial charge in [0.1, 0.15) is 17.7 Å². The highest BCUT2D eigenvalue weighted by Gasteiger charge is 2.28. The molecule has 2 N–H and O–H groups in total. The standard InChI is InChI=1S/C15H12BrClFNO/c16-8-1-3-11-13(19)7-15(20-14(11)5-8)10-4-2-9(18)6-12(10)17/h1-6,13,15H,7,19H2/t13-,15?/m0/s1. The van der Waals surface area contributed by atoms with Crippen molar-refractivity contribution in [3.05, 3.63) is 62.8 Å². The Kier molecular flexibility index (Phi) is 3.71. The van der Waals surface area contributed by atoms with Gasteiger partial charge in [-0.2, -0.15) is 0 Å². The van der Waals surface area contributed by atoms with Crippen molar-refractivity contribution in [2.75, 3.05) is 0 Å². The molecule has 1 heterocycles. The van der Waals surface area contributed by atoms with Crippen LogP contribution in [-0.2, 0) is 0 Å². The van der Waals surface area contributed by atoms with Crippen LogP contribution in [0.15, 0.2) is 40.9 Å². The van der Waals surface area contributed by atoms with Crippen molar-refractivity contribution >= 4 is 27.5 Å². The highest BCUT2D eigenvalue weighted by atomic mass is 79.9. The lowest BCUT2D eigenvalue weighted by molar-refractivity contribution is 0.161. The van der Waals surface area contributed by atoms with Crippen LogP contribution in [0.4, 0.5) is 4.39 Å². The topological polar surface area (TPSA) is 35.2 Å². The molecular weight excluding hydrogens is 345 g/mol. The van der Waals surface area contributed by atoms with Gasteiger partial charge in [-0.15, -0.1) is 0 Å². The molecule has 1 unspecified atom stereocenters. The third-order valence-electron chi connectivity index (χ3n) is 3.42. The molecule has 3 rings (SSSR count). The van der Waals surface area contributed by atoms with Crippen molar-refractivity contribution in [1.82, 2.24) is 0 Å². The van der Waals surface area contributed by atoms with Crippen LogP contribution in [0.3, 0.4) is 0 Å². The third kappa shape index (κ3) is 2.55. The fourth-order valence-corrected chi connectivity index (χ4v) is 3.06. The predicted octanol–water partition coefficient (Wildman–Crippen LogP) is 4.77. The van der Waals surface area contributed by atoms with Crippen LogP contribution in [0.1, 0.15) is 29.7 Å². The van der Waals surface area contributed by atoms with Crippen molar-refractivity contribution in [2.45, 2.75) is 18.6 Å². The minimum Gasteiger partial charge on any atom is -0.485 e. The number of ether oxygens (including phenoxy) is 1. The van der Waals surface area contributed by atoms with E-state index in [0.29, 0.717) is 11.4 Å². The van der Waals surface area contributed by atoms with Gasteiger partial charge in [0.05, 0.1) is 5.02 Å². The summed E-state index contributed by atoms with van der Waals surface area (Å²) in [6.45, 7) is 0. The molecule has 1 aliphatic rings. The summed E-state index contributed by atoms with van der Waals surface area (Å²) < 4.78 is 20.0. The summed E-state index contributed by atoms with van der Waals surface area (Å²) in [5, 5.41) is 0.362. The van der Waals surface area contributed by atoms with E-state index < -0.39 is 0 Å². The van der Waals surface area contributed by atoms with E-state index >= 15 is 0 Å². The smallest absolute Gasteiger partial charge is 0.127 e. The summed E-state index contributed by atoms with van der Waals surface area (Å²) in [6.07, 6.45) is 0.347. The van der Waals surface area contributed by atoms with Crippen LogP contribution in [0.2, 0.25) is 5.02 Å². The second-order valence-corrected chi connectivity index (χ2v) is 6.12. The van der Waals surface area contributed by atoms with E-state index in [1.165, 1.54) is 12.1 Å².